The van der Waals surface area contributed by atoms with Gasteiger partial charge in [-0.2, -0.15) is 0 Å². The highest BCUT2D eigenvalue weighted by Crippen LogP contribution is 2.20. The number of rotatable bonds is 2. The summed E-state index contributed by atoms with van der Waals surface area (Å²) in [5.41, 5.74) is 0.996. The van der Waals surface area contributed by atoms with Crippen LogP contribution in [0.25, 0.3) is 10.9 Å². The van der Waals surface area contributed by atoms with Crippen molar-refractivity contribution in [1.82, 2.24) is 9.47 Å². The van der Waals surface area contributed by atoms with Gasteiger partial charge in [0.05, 0.1) is 0 Å². The number of halogens is 1. The van der Waals surface area contributed by atoms with E-state index in [0.29, 0.717) is 37.5 Å². The summed E-state index contributed by atoms with van der Waals surface area (Å²) in [6.45, 7) is 1.39. The normalized spacial score (nSPS) is 15.8. The number of piperidine rings is 1. The molecule has 1 aromatic heterocycles. The summed E-state index contributed by atoms with van der Waals surface area (Å²) in [7, 11) is 0. The van der Waals surface area contributed by atoms with Gasteiger partial charge in [0.25, 0.3) is 0 Å². The van der Waals surface area contributed by atoms with E-state index in [4.69, 9.17) is 11.6 Å². The number of ketones is 1. The van der Waals surface area contributed by atoms with E-state index in [2.05, 4.69) is 0 Å². The van der Waals surface area contributed by atoms with Crippen molar-refractivity contribution in [2.45, 2.75) is 19.4 Å². The van der Waals surface area contributed by atoms with Gasteiger partial charge >= 0.3 is 0 Å². The maximum Gasteiger partial charge on any atom is 0.242 e. The molecule has 0 radical (unpaired) electrons. The molecule has 2 aromatic rings. The maximum atomic E-state index is 12.3. The van der Waals surface area contributed by atoms with Gasteiger partial charge in [-0.25, -0.2) is 0 Å². The third-order valence-electron chi connectivity index (χ3n) is 3.71. The smallest absolute Gasteiger partial charge is 0.242 e. The Hall–Kier alpha value is -1.81. The maximum absolute atomic E-state index is 12.3. The number of fused-ring (bicyclic) bond motifs is 1. The standard InChI is InChI=1S/C15H15ClN2O2/c16-12-1-2-14-11(9-12)3-6-18(14)10-15(20)17-7-4-13(19)5-8-17/h1-3,6,9H,4-5,7-8,10H2. The largest absolute Gasteiger partial charge is 0.340 e. The molecule has 4 nitrogen and oxygen atoms in total. The highest BCUT2D eigenvalue weighted by molar-refractivity contribution is 6.31. The molecule has 0 unspecified atom stereocenters. The molecule has 1 aromatic carbocycles. The van der Waals surface area contributed by atoms with E-state index >= 15 is 0 Å². The van der Waals surface area contributed by atoms with Crippen molar-refractivity contribution in [2.24, 2.45) is 0 Å². The van der Waals surface area contributed by atoms with Gasteiger partial charge in [0.2, 0.25) is 5.91 Å². The van der Waals surface area contributed by atoms with Crippen LogP contribution in [0.15, 0.2) is 30.5 Å². The number of benzene rings is 1. The van der Waals surface area contributed by atoms with Gasteiger partial charge in [0.15, 0.2) is 0 Å². The highest BCUT2D eigenvalue weighted by atomic mass is 35.5. The summed E-state index contributed by atoms with van der Waals surface area (Å²) in [4.78, 5) is 25.2. The van der Waals surface area contributed by atoms with Crippen LogP contribution in [0.4, 0.5) is 0 Å². The Bertz CT molecular complexity index is 668. The fourth-order valence-electron chi connectivity index (χ4n) is 2.56. The first-order valence-corrected chi connectivity index (χ1v) is 7.05. The van der Waals surface area contributed by atoms with E-state index in [1.54, 1.807) is 4.90 Å². The average Bonchev–Trinajstić information content (AvgIpc) is 2.81. The molecule has 0 atom stereocenters. The first-order chi connectivity index (χ1) is 9.63. The monoisotopic (exact) mass is 290 g/mol. The van der Waals surface area contributed by atoms with Crippen LogP contribution >= 0.6 is 11.6 Å². The molecule has 1 amide bonds. The van der Waals surface area contributed by atoms with Crippen LogP contribution < -0.4 is 0 Å². The SMILES string of the molecule is O=C1CCN(C(=O)Cn2ccc3cc(Cl)ccc32)CC1. The number of Topliss-reactive ketones (excluding diaryl/α,β-unsaturated/α-hetero) is 1. The summed E-state index contributed by atoms with van der Waals surface area (Å²) in [5.74, 6) is 0.306. The molecule has 0 N–H and O–H groups in total. The molecule has 3 rings (SSSR count). The number of likely N-dealkylation sites (tertiary alicyclic amines) is 1. The van der Waals surface area contributed by atoms with Gasteiger partial charge in [-0.05, 0) is 24.3 Å². The summed E-state index contributed by atoms with van der Waals surface area (Å²) < 4.78 is 1.92. The van der Waals surface area contributed by atoms with Crippen molar-refractivity contribution in [2.75, 3.05) is 13.1 Å². The molecule has 5 heteroatoms. The summed E-state index contributed by atoms with van der Waals surface area (Å²) in [6, 6.07) is 7.58. The summed E-state index contributed by atoms with van der Waals surface area (Å²) in [6.07, 6.45) is 2.86. The molecule has 1 aliphatic rings. The molecule has 0 spiro atoms. The topological polar surface area (TPSA) is 42.3 Å². The van der Waals surface area contributed by atoms with Gasteiger partial charge < -0.3 is 9.47 Å². The number of hydrogen-bond acceptors (Lipinski definition) is 2. The minimum Gasteiger partial charge on any atom is -0.340 e. The van der Waals surface area contributed by atoms with Crippen molar-refractivity contribution in [3.05, 3.63) is 35.5 Å². The summed E-state index contributed by atoms with van der Waals surface area (Å²) >= 11 is 5.95. The molecule has 1 aliphatic heterocycles. The van der Waals surface area contributed by atoms with Crippen molar-refractivity contribution in [3.8, 4) is 0 Å². The molecule has 0 bridgehead atoms. The zero-order chi connectivity index (χ0) is 14.1. The van der Waals surface area contributed by atoms with Crippen LogP contribution in [0.3, 0.4) is 0 Å². The van der Waals surface area contributed by atoms with E-state index in [1.165, 1.54) is 0 Å². The van der Waals surface area contributed by atoms with Crippen LogP contribution in [0, 0.1) is 0 Å². The fourth-order valence-corrected chi connectivity index (χ4v) is 2.74. The van der Waals surface area contributed by atoms with E-state index < -0.39 is 0 Å². The Labute approximate surface area is 121 Å². The number of carbonyl (C=O) groups excluding carboxylic acids is 2. The molecule has 0 aliphatic carbocycles. The van der Waals surface area contributed by atoms with Gasteiger partial charge in [0.1, 0.15) is 12.3 Å². The van der Waals surface area contributed by atoms with Crippen LogP contribution in [-0.2, 0) is 16.1 Å². The van der Waals surface area contributed by atoms with Crippen molar-refractivity contribution >= 4 is 34.2 Å². The molecule has 104 valence electrons. The lowest BCUT2D eigenvalue weighted by atomic mass is 10.1. The Morgan fingerprint density at radius 2 is 1.95 bits per heavy atom. The minimum atomic E-state index is 0.0601. The van der Waals surface area contributed by atoms with Gasteiger partial charge in [-0.3, -0.25) is 9.59 Å². The average molecular weight is 291 g/mol. The van der Waals surface area contributed by atoms with E-state index in [1.807, 2.05) is 35.0 Å². The molecule has 20 heavy (non-hydrogen) atoms. The Morgan fingerprint density at radius 1 is 1.20 bits per heavy atom. The van der Waals surface area contributed by atoms with Gasteiger partial charge in [-0.1, -0.05) is 11.6 Å². The molecule has 0 saturated carbocycles. The second-order valence-electron chi connectivity index (χ2n) is 5.07. The number of hydrogen-bond donors (Lipinski definition) is 0. The predicted octanol–water partition coefficient (Wildman–Crippen LogP) is 2.49. The minimum absolute atomic E-state index is 0.0601. The Kier molecular flexibility index (Phi) is 3.49. The zero-order valence-corrected chi connectivity index (χ0v) is 11.8. The summed E-state index contributed by atoms with van der Waals surface area (Å²) in [5, 5.41) is 1.72. The van der Waals surface area contributed by atoms with Crippen molar-refractivity contribution < 1.29 is 9.59 Å². The van der Waals surface area contributed by atoms with E-state index in [-0.39, 0.29) is 11.7 Å². The Balaban J connectivity index is 1.76. The number of nitrogens with zero attached hydrogens (tertiary/aromatic N) is 2. The fraction of sp³-hybridized carbons (Fsp3) is 0.333. The second kappa shape index (κ2) is 5.29. The predicted molar refractivity (Wildman–Crippen MR) is 77.8 cm³/mol. The van der Waals surface area contributed by atoms with Crippen LogP contribution in [-0.4, -0.2) is 34.2 Å². The molecule has 2 heterocycles. The lowest BCUT2D eigenvalue weighted by molar-refractivity contribution is -0.135. The lowest BCUT2D eigenvalue weighted by Gasteiger charge is -2.26. The third kappa shape index (κ3) is 2.56. The molecular formula is C15H15ClN2O2. The van der Waals surface area contributed by atoms with E-state index in [9.17, 15) is 9.59 Å². The number of amides is 1. The first kappa shape index (κ1) is 13.2. The van der Waals surface area contributed by atoms with Crippen molar-refractivity contribution in [1.29, 1.82) is 0 Å². The highest BCUT2D eigenvalue weighted by Gasteiger charge is 2.21. The molecule has 1 saturated heterocycles. The zero-order valence-electron chi connectivity index (χ0n) is 11.0. The lowest BCUT2D eigenvalue weighted by Crippen LogP contribution is -2.40. The second-order valence-corrected chi connectivity index (χ2v) is 5.50. The first-order valence-electron chi connectivity index (χ1n) is 6.67. The van der Waals surface area contributed by atoms with Crippen molar-refractivity contribution in [3.63, 3.8) is 0 Å². The third-order valence-corrected chi connectivity index (χ3v) is 3.95. The molecule has 1 fully saturated rings. The van der Waals surface area contributed by atoms with Crippen LogP contribution in [0.1, 0.15) is 12.8 Å². The van der Waals surface area contributed by atoms with Crippen LogP contribution in [0.5, 0.6) is 0 Å². The van der Waals surface area contributed by atoms with Crippen LogP contribution in [0.2, 0.25) is 5.02 Å². The molecular weight excluding hydrogens is 276 g/mol. The number of aromatic nitrogens is 1. The van der Waals surface area contributed by atoms with Gasteiger partial charge in [0, 0.05) is 48.1 Å². The number of carbonyl (C=O) groups is 2. The Morgan fingerprint density at radius 3 is 2.70 bits per heavy atom. The quantitative estimate of drug-likeness (QED) is 0.853. The van der Waals surface area contributed by atoms with Gasteiger partial charge in [-0.15, -0.1) is 0 Å². The van der Waals surface area contributed by atoms with E-state index in [0.717, 1.165) is 10.9 Å².